The molecule has 0 bridgehead atoms. The molecule has 106 valence electrons. The van der Waals surface area contributed by atoms with E-state index in [1.165, 1.54) is 5.56 Å². The summed E-state index contributed by atoms with van der Waals surface area (Å²) in [6.07, 6.45) is 3.96. The van der Waals surface area contributed by atoms with Crippen molar-refractivity contribution in [3.05, 3.63) is 48.3 Å². The van der Waals surface area contributed by atoms with Crippen molar-refractivity contribution in [3.8, 4) is 0 Å². The maximum Gasteiger partial charge on any atom is 0.205 e. The first kappa shape index (κ1) is 13.2. The Balaban J connectivity index is 1.57. The van der Waals surface area contributed by atoms with Crippen LogP contribution in [0.15, 0.2) is 42.7 Å². The first-order chi connectivity index (χ1) is 9.86. The van der Waals surface area contributed by atoms with Crippen LogP contribution in [0.1, 0.15) is 12.5 Å². The molecule has 4 nitrogen and oxygen atoms in total. The molecule has 0 atom stereocenters. The van der Waals surface area contributed by atoms with Gasteiger partial charge >= 0.3 is 0 Å². The molecule has 1 fully saturated rings. The number of aryl methyl sites for hydroxylation is 1. The maximum absolute atomic E-state index is 4.49. The van der Waals surface area contributed by atoms with E-state index < -0.39 is 0 Å². The van der Waals surface area contributed by atoms with Gasteiger partial charge in [0.25, 0.3) is 0 Å². The van der Waals surface area contributed by atoms with Gasteiger partial charge in [-0.3, -0.25) is 4.90 Å². The average molecular weight is 270 g/mol. The molecule has 20 heavy (non-hydrogen) atoms. The van der Waals surface area contributed by atoms with Crippen LogP contribution in [0.25, 0.3) is 0 Å². The molecule has 1 aromatic heterocycles. The Morgan fingerprint density at radius 1 is 1.05 bits per heavy atom. The zero-order chi connectivity index (χ0) is 13.8. The van der Waals surface area contributed by atoms with Crippen LogP contribution in [0.2, 0.25) is 0 Å². The summed E-state index contributed by atoms with van der Waals surface area (Å²) in [4.78, 5) is 9.40. The minimum Gasteiger partial charge on any atom is -0.340 e. The van der Waals surface area contributed by atoms with Gasteiger partial charge in [0.2, 0.25) is 5.95 Å². The summed E-state index contributed by atoms with van der Waals surface area (Å²) >= 11 is 0. The van der Waals surface area contributed by atoms with Crippen molar-refractivity contribution in [1.29, 1.82) is 0 Å². The highest BCUT2D eigenvalue weighted by atomic mass is 15.3. The van der Waals surface area contributed by atoms with Crippen LogP contribution < -0.4 is 4.90 Å². The van der Waals surface area contributed by atoms with Gasteiger partial charge in [-0.05, 0) is 12.5 Å². The molecule has 0 unspecified atom stereocenters. The topological polar surface area (TPSA) is 24.3 Å². The van der Waals surface area contributed by atoms with Crippen LogP contribution >= 0.6 is 0 Å². The lowest BCUT2D eigenvalue weighted by Gasteiger charge is -2.35. The van der Waals surface area contributed by atoms with Crippen molar-refractivity contribution >= 4 is 5.95 Å². The molecule has 0 amide bonds. The number of nitrogens with zero attached hydrogens (tertiary/aromatic N) is 4. The smallest absolute Gasteiger partial charge is 0.205 e. The van der Waals surface area contributed by atoms with Crippen LogP contribution in [0.4, 0.5) is 5.95 Å². The van der Waals surface area contributed by atoms with Crippen LogP contribution in [-0.4, -0.2) is 40.6 Å². The molecule has 2 heterocycles. The quantitative estimate of drug-likeness (QED) is 0.851. The number of imidazole rings is 1. The van der Waals surface area contributed by atoms with E-state index >= 15 is 0 Å². The Labute approximate surface area is 120 Å². The third-order valence-corrected chi connectivity index (χ3v) is 3.94. The molecule has 0 N–H and O–H groups in total. The van der Waals surface area contributed by atoms with Crippen LogP contribution in [0.5, 0.6) is 0 Å². The number of rotatable bonds is 4. The molecule has 1 aromatic carbocycles. The molecule has 1 aliphatic rings. The Bertz CT molecular complexity index is 526. The van der Waals surface area contributed by atoms with Gasteiger partial charge < -0.3 is 9.47 Å². The minimum absolute atomic E-state index is 0.986. The zero-order valence-corrected chi connectivity index (χ0v) is 12.1. The van der Waals surface area contributed by atoms with Crippen LogP contribution in [-0.2, 0) is 13.1 Å². The lowest BCUT2D eigenvalue weighted by molar-refractivity contribution is 0.248. The van der Waals surface area contributed by atoms with E-state index in [1.54, 1.807) is 0 Å². The van der Waals surface area contributed by atoms with Crippen molar-refractivity contribution < 1.29 is 0 Å². The summed E-state index contributed by atoms with van der Waals surface area (Å²) in [5, 5.41) is 0. The van der Waals surface area contributed by atoms with Crippen molar-refractivity contribution in [2.45, 2.75) is 20.0 Å². The highest BCUT2D eigenvalue weighted by Gasteiger charge is 2.19. The molecular weight excluding hydrogens is 248 g/mol. The zero-order valence-electron chi connectivity index (χ0n) is 12.1. The SMILES string of the molecule is CCn1ccnc1N1CCN(Cc2ccccc2)CC1. The van der Waals surface area contributed by atoms with E-state index in [0.29, 0.717) is 0 Å². The maximum atomic E-state index is 4.49. The van der Waals surface area contributed by atoms with Gasteiger partial charge in [-0.1, -0.05) is 30.3 Å². The Kier molecular flexibility index (Phi) is 4.02. The summed E-state index contributed by atoms with van der Waals surface area (Å²) in [5.74, 6) is 1.12. The number of aromatic nitrogens is 2. The third kappa shape index (κ3) is 2.85. The summed E-state index contributed by atoms with van der Waals surface area (Å²) in [5.41, 5.74) is 1.40. The van der Waals surface area contributed by atoms with Crippen molar-refractivity contribution in [1.82, 2.24) is 14.5 Å². The van der Waals surface area contributed by atoms with E-state index in [4.69, 9.17) is 0 Å². The molecule has 0 saturated carbocycles. The molecule has 0 spiro atoms. The van der Waals surface area contributed by atoms with E-state index in [-0.39, 0.29) is 0 Å². The number of piperazine rings is 1. The second-order valence-electron chi connectivity index (χ2n) is 5.26. The normalized spacial score (nSPS) is 16.6. The number of hydrogen-bond acceptors (Lipinski definition) is 3. The molecule has 4 heteroatoms. The van der Waals surface area contributed by atoms with Gasteiger partial charge in [0, 0.05) is 51.7 Å². The highest BCUT2D eigenvalue weighted by Crippen LogP contribution is 2.15. The fraction of sp³-hybridized carbons (Fsp3) is 0.438. The highest BCUT2D eigenvalue weighted by molar-refractivity contribution is 5.32. The van der Waals surface area contributed by atoms with Gasteiger partial charge in [0.05, 0.1) is 0 Å². The second kappa shape index (κ2) is 6.09. The third-order valence-electron chi connectivity index (χ3n) is 3.94. The largest absolute Gasteiger partial charge is 0.340 e. The first-order valence-corrected chi connectivity index (χ1v) is 7.39. The summed E-state index contributed by atoms with van der Waals surface area (Å²) in [7, 11) is 0. The van der Waals surface area contributed by atoms with Gasteiger partial charge in [0.15, 0.2) is 0 Å². The minimum atomic E-state index is 0.986. The molecular formula is C16H22N4. The van der Waals surface area contributed by atoms with Crippen molar-refractivity contribution in [2.24, 2.45) is 0 Å². The van der Waals surface area contributed by atoms with Crippen LogP contribution in [0, 0.1) is 0 Å². The van der Waals surface area contributed by atoms with E-state index in [2.05, 4.69) is 62.8 Å². The monoisotopic (exact) mass is 270 g/mol. The number of hydrogen-bond donors (Lipinski definition) is 0. The van der Waals surface area contributed by atoms with E-state index in [1.807, 2.05) is 6.20 Å². The first-order valence-electron chi connectivity index (χ1n) is 7.39. The predicted molar refractivity (Wildman–Crippen MR) is 81.8 cm³/mol. The lowest BCUT2D eigenvalue weighted by atomic mass is 10.2. The van der Waals surface area contributed by atoms with Gasteiger partial charge in [-0.15, -0.1) is 0 Å². The van der Waals surface area contributed by atoms with Crippen LogP contribution in [0.3, 0.4) is 0 Å². The number of benzene rings is 1. The average Bonchev–Trinajstić information content (AvgIpc) is 2.98. The predicted octanol–water partition coefficient (Wildman–Crippen LogP) is 2.23. The molecule has 2 aromatic rings. The fourth-order valence-corrected chi connectivity index (χ4v) is 2.78. The van der Waals surface area contributed by atoms with E-state index in [0.717, 1.165) is 45.2 Å². The molecule has 0 radical (unpaired) electrons. The number of anilines is 1. The Morgan fingerprint density at radius 3 is 2.50 bits per heavy atom. The molecule has 1 aliphatic heterocycles. The van der Waals surface area contributed by atoms with Gasteiger partial charge in [-0.2, -0.15) is 0 Å². The Morgan fingerprint density at radius 2 is 1.80 bits per heavy atom. The standard InChI is InChI=1S/C16H22N4/c1-2-19-9-8-17-16(19)20-12-10-18(11-13-20)14-15-6-4-3-5-7-15/h3-9H,2,10-14H2,1H3. The Hall–Kier alpha value is -1.81. The summed E-state index contributed by atoms with van der Waals surface area (Å²) in [6, 6.07) is 10.7. The van der Waals surface area contributed by atoms with E-state index in [9.17, 15) is 0 Å². The molecule has 3 rings (SSSR count). The molecule has 1 saturated heterocycles. The second-order valence-corrected chi connectivity index (χ2v) is 5.26. The van der Waals surface area contributed by atoms with Gasteiger partial charge in [0.1, 0.15) is 0 Å². The summed E-state index contributed by atoms with van der Waals surface area (Å²) < 4.78 is 2.22. The summed E-state index contributed by atoms with van der Waals surface area (Å²) in [6.45, 7) is 8.53. The fourth-order valence-electron chi connectivity index (χ4n) is 2.78. The lowest BCUT2D eigenvalue weighted by Crippen LogP contribution is -2.46. The van der Waals surface area contributed by atoms with Crippen molar-refractivity contribution in [3.63, 3.8) is 0 Å². The molecule has 0 aliphatic carbocycles. The van der Waals surface area contributed by atoms with Gasteiger partial charge in [-0.25, -0.2) is 4.98 Å². The van der Waals surface area contributed by atoms with Crippen molar-refractivity contribution in [2.75, 3.05) is 31.1 Å².